The summed E-state index contributed by atoms with van der Waals surface area (Å²) < 4.78 is 10.4. The van der Waals surface area contributed by atoms with Crippen LogP contribution in [0.3, 0.4) is 0 Å². The van der Waals surface area contributed by atoms with Gasteiger partial charge in [-0.1, -0.05) is 24.3 Å². The molecule has 1 aromatic heterocycles. The maximum atomic E-state index is 12.5. The minimum Gasteiger partial charge on any atom is -0.493 e. The van der Waals surface area contributed by atoms with Crippen molar-refractivity contribution >= 4 is 28.3 Å². The third kappa shape index (κ3) is 5.11. The second kappa shape index (κ2) is 9.20. The molecule has 7 nitrogen and oxygen atoms in total. The van der Waals surface area contributed by atoms with Crippen molar-refractivity contribution in [1.82, 2.24) is 10.3 Å². The molecule has 0 aliphatic rings. The Bertz CT molecular complexity index is 1020. The minimum atomic E-state index is -0.280. The molecule has 0 fully saturated rings. The van der Waals surface area contributed by atoms with Crippen LogP contribution >= 0.6 is 11.3 Å². The first kappa shape index (κ1) is 20.3. The van der Waals surface area contributed by atoms with Crippen molar-refractivity contribution in [1.29, 1.82) is 0 Å². The molecule has 0 unspecified atom stereocenters. The van der Waals surface area contributed by atoms with Gasteiger partial charge < -0.3 is 14.8 Å². The quantitative estimate of drug-likeness (QED) is 0.619. The summed E-state index contributed by atoms with van der Waals surface area (Å²) in [6.45, 7) is 1.97. The van der Waals surface area contributed by atoms with Crippen molar-refractivity contribution < 1.29 is 19.1 Å². The number of methoxy groups -OCH3 is 2. The fourth-order valence-electron chi connectivity index (χ4n) is 2.63. The zero-order chi connectivity index (χ0) is 20.8. The van der Waals surface area contributed by atoms with E-state index in [0.717, 1.165) is 16.8 Å². The predicted molar refractivity (Wildman–Crippen MR) is 113 cm³/mol. The number of carbonyl (C=O) groups is 2. The van der Waals surface area contributed by atoms with Crippen LogP contribution in [0.1, 0.15) is 22.8 Å². The smallest absolute Gasteiger partial charge is 0.257 e. The van der Waals surface area contributed by atoms with Crippen molar-refractivity contribution in [2.24, 2.45) is 0 Å². The van der Waals surface area contributed by atoms with E-state index in [9.17, 15) is 9.59 Å². The van der Waals surface area contributed by atoms with Crippen LogP contribution in [0.15, 0.2) is 47.8 Å². The normalized spacial score (nSPS) is 10.3. The number of nitrogens with zero attached hydrogens (tertiary/aromatic N) is 1. The van der Waals surface area contributed by atoms with Crippen LogP contribution in [0.2, 0.25) is 0 Å². The minimum absolute atomic E-state index is 0.0663. The van der Waals surface area contributed by atoms with Crippen LogP contribution in [0.4, 0.5) is 5.13 Å². The number of rotatable bonds is 7. The van der Waals surface area contributed by atoms with Gasteiger partial charge in [-0.05, 0) is 23.8 Å². The molecule has 0 saturated heterocycles. The number of anilines is 1. The highest BCUT2D eigenvalue weighted by Crippen LogP contribution is 2.29. The molecule has 2 amide bonds. The Morgan fingerprint density at radius 1 is 1.03 bits per heavy atom. The summed E-state index contributed by atoms with van der Waals surface area (Å²) >= 11 is 1.35. The molecule has 2 N–H and O–H groups in total. The number of nitrogens with one attached hydrogen (secondary N) is 2. The van der Waals surface area contributed by atoms with Crippen LogP contribution in [-0.2, 0) is 11.3 Å². The maximum absolute atomic E-state index is 12.5. The molecule has 2 aromatic carbocycles. The molecule has 150 valence electrons. The van der Waals surface area contributed by atoms with Crippen LogP contribution in [-0.4, -0.2) is 31.0 Å². The van der Waals surface area contributed by atoms with E-state index in [1.54, 1.807) is 25.3 Å². The van der Waals surface area contributed by atoms with Crippen molar-refractivity contribution in [3.05, 3.63) is 59.0 Å². The Kier molecular flexibility index (Phi) is 6.46. The van der Waals surface area contributed by atoms with Gasteiger partial charge in [0, 0.05) is 30.0 Å². The van der Waals surface area contributed by atoms with Crippen molar-refractivity contribution in [3.63, 3.8) is 0 Å². The molecule has 3 aromatic rings. The predicted octanol–water partition coefficient (Wildman–Crippen LogP) is 3.72. The van der Waals surface area contributed by atoms with Crippen LogP contribution in [0.5, 0.6) is 11.5 Å². The number of amides is 2. The van der Waals surface area contributed by atoms with Crippen LogP contribution < -0.4 is 20.1 Å². The maximum Gasteiger partial charge on any atom is 0.257 e. The number of hydrogen-bond acceptors (Lipinski definition) is 6. The van der Waals surface area contributed by atoms with Gasteiger partial charge in [0.25, 0.3) is 5.91 Å². The standard InChI is InChI=1S/C21H21N3O4S/c1-13(25)22-11-14-4-6-15(7-5-14)17-12-29-21(23-17)24-20(26)16-8-9-18(27-2)19(10-16)28-3/h4-10,12H,11H2,1-3H3,(H,22,25)(H,23,24,26). The van der Waals surface area contributed by atoms with Gasteiger partial charge in [0.05, 0.1) is 19.9 Å². The number of carbonyl (C=O) groups excluding carboxylic acids is 2. The first-order chi connectivity index (χ1) is 14.0. The molecule has 0 bridgehead atoms. The summed E-state index contributed by atoms with van der Waals surface area (Å²) in [5, 5.41) is 7.95. The van der Waals surface area contributed by atoms with E-state index in [1.807, 2.05) is 29.6 Å². The number of aromatic nitrogens is 1. The monoisotopic (exact) mass is 411 g/mol. The summed E-state index contributed by atoms with van der Waals surface area (Å²) in [5.41, 5.74) is 3.14. The SMILES string of the molecule is COc1ccc(C(=O)Nc2nc(-c3ccc(CNC(C)=O)cc3)cs2)cc1OC. The molecule has 3 rings (SSSR count). The lowest BCUT2D eigenvalue weighted by atomic mass is 10.1. The molecule has 0 spiro atoms. The topological polar surface area (TPSA) is 89.5 Å². The van der Waals surface area contributed by atoms with Crippen LogP contribution in [0, 0.1) is 0 Å². The molecule has 0 aliphatic carbocycles. The molecule has 8 heteroatoms. The summed E-state index contributed by atoms with van der Waals surface area (Å²) in [6.07, 6.45) is 0. The first-order valence-corrected chi connectivity index (χ1v) is 9.70. The third-order valence-corrected chi connectivity index (χ3v) is 4.92. The van der Waals surface area contributed by atoms with Gasteiger partial charge in [0.15, 0.2) is 16.6 Å². The van der Waals surface area contributed by atoms with Gasteiger partial charge in [-0.3, -0.25) is 14.9 Å². The largest absolute Gasteiger partial charge is 0.493 e. The van der Waals surface area contributed by atoms with E-state index in [0.29, 0.717) is 28.7 Å². The molecule has 0 aliphatic heterocycles. The summed E-state index contributed by atoms with van der Waals surface area (Å²) in [5.74, 6) is 0.697. The number of benzene rings is 2. The second-order valence-corrected chi connectivity index (χ2v) is 7.03. The Balaban J connectivity index is 1.68. The van der Waals surface area contributed by atoms with Gasteiger partial charge in [0.2, 0.25) is 5.91 Å². The fraction of sp³-hybridized carbons (Fsp3) is 0.190. The Morgan fingerprint density at radius 2 is 1.76 bits per heavy atom. The van der Waals surface area contributed by atoms with Crippen molar-refractivity contribution in [2.75, 3.05) is 19.5 Å². The first-order valence-electron chi connectivity index (χ1n) is 8.83. The lowest BCUT2D eigenvalue weighted by molar-refractivity contribution is -0.119. The van der Waals surface area contributed by atoms with E-state index in [1.165, 1.54) is 25.4 Å². The average Bonchev–Trinajstić information content (AvgIpc) is 3.20. The zero-order valence-corrected chi connectivity index (χ0v) is 17.1. The van der Waals surface area contributed by atoms with E-state index >= 15 is 0 Å². The van der Waals surface area contributed by atoms with E-state index in [4.69, 9.17) is 9.47 Å². The second-order valence-electron chi connectivity index (χ2n) is 6.17. The van der Waals surface area contributed by atoms with E-state index in [2.05, 4.69) is 15.6 Å². The third-order valence-electron chi connectivity index (χ3n) is 4.16. The molecule has 0 saturated carbocycles. The van der Waals surface area contributed by atoms with Crippen molar-refractivity contribution in [3.8, 4) is 22.8 Å². The van der Waals surface area contributed by atoms with Crippen LogP contribution in [0.25, 0.3) is 11.3 Å². The van der Waals surface area contributed by atoms with Gasteiger partial charge in [0.1, 0.15) is 0 Å². The number of thiazole rings is 1. The Hall–Kier alpha value is -3.39. The fourth-order valence-corrected chi connectivity index (χ4v) is 3.35. The highest BCUT2D eigenvalue weighted by Gasteiger charge is 2.13. The molecule has 1 heterocycles. The molecule has 0 radical (unpaired) electrons. The van der Waals surface area contributed by atoms with Gasteiger partial charge in [-0.25, -0.2) is 4.98 Å². The van der Waals surface area contributed by atoms with Gasteiger partial charge in [-0.2, -0.15) is 0 Å². The molecule has 0 atom stereocenters. The Morgan fingerprint density at radius 3 is 2.41 bits per heavy atom. The molecular formula is C21H21N3O4S. The lowest BCUT2D eigenvalue weighted by Crippen LogP contribution is -2.18. The van der Waals surface area contributed by atoms with Gasteiger partial charge in [-0.15, -0.1) is 11.3 Å². The van der Waals surface area contributed by atoms with Gasteiger partial charge >= 0.3 is 0 Å². The zero-order valence-electron chi connectivity index (χ0n) is 16.3. The average molecular weight is 411 g/mol. The number of hydrogen-bond donors (Lipinski definition) is 2. The summed E-state index contributed by atoms with van der Waals surface area (Å²) in [4.78, 5) is 28.0. The highest BCUT2D eigenvalue weighted by molar-refractivity contribution is 7.14. The molecular weight excluding hydrogens is 390 g/mol. The molecule has 29 heavy (non-hydrogen) atoms. The van der Waals surface area contributed by atoms with E-state index < -0.39 is 0 Å². The van der Waals surface area contributed by atoms with Crippen molar-refractivity contribution in [2.45, 2.75) is 13.5 Å². The van der Waals surface area contributed by atoms with E-state index in [-0.39, 0.29) is 11.8 Å². The Labute approximate surface area is 172 Å². The highest BCUT2D eigenvalue weighted by atomic mass is 32.1. The summed E-state index contributed by atoms with van der Waals surface area (Å²) in [6, 6.07) is 12.7. The lowest BCUT2D eigenvalue weighted by Gasteiger charge is -2.09. The number of ether oxygens (including phenoxy) is 2. The summed E-state index contributed by atoms with van der Waals surface area (Å²) in [7, 11) is 3.06.